The summed E-state index contributed by atoms with van der Waals surface area (Å²) < 4.78 is 18.8. The van der Waals surface area contributed by atoms with Crippen LogP contribution in [0, 0.1) is 5.82 Å². The number of rotatable bonds is 8. The molecular formula is C20H21FN2O4. The Kier molecular flexibility index (Phi) is 6.16. The maximum atomic E-state index is 13.5. The Hall–Kier alpha value is -2.77. The van der Waals surface area contributed by atoms with E-state index in [2.05, 4.69) is 5.32 Å². The van der Waals surface area contributed by atoms with Gasteiger partial charge in [0, 0.05) is 12.0 Å². The molecule has 7 heteroatoms. The van der Waals surface area contributed by atoms with Crippen LogP contribution in [0.1, 0.15) is 11.1 Å². The highest BCUT2D eigenvalue weighted by Crippen LogP contribution is 2.13. The number of carbonyl (C=O) groups excluding carboxylic acids is 2. The molecule has 6 nitrogen and oxygen atoms in total. The number of benzene rings is 2. The maximum absolute atomic E-state index is 13.5. The number of nitrogens with zero attached hydrogens (tertiary/aromatic N) is 1. The van der Waals surface area contributed by atoms with Crippen LogP contribution < -0.4 is 5.32 Å². The standard InChI is InChI=1S/C20H21FN2O4/c21-17-9-5-4-8-15(17)12-27-13-16(24)11-23-19(25)18(22-20(23)26)10-14-6-2-1-3-7-14/h1-9,16,18,24H,10-13H2,(H,22,26)/t16-,18-/m0/s1. The monoisotopic (exact) mass is 372 g/mol. The minimum Gasteiger partial charge on any atom is -0.389 e. The van der Waals surface area contributed by atoms with E-state index in [1.165, 1.54) is 6.07 Å². The van der Waals surface area contributed by atoms with E-state index in [0.29, 0.717) is 12.0 Å². The lowest BCUT2D eigenvalue weighted by atomic mass is 10.1. The summed E-state index contributed by atoms with van der Waals surface area (Å²) in [4.78, 5) is 25.5. The number of ether oxygens (including phenoxy) is 1. The zero-order valence-electron chi connectivity index (χ0n) is 14.7. The second-order valence-electron chi connectivity index (χ2n) is 6.40. The molecular weight excluding hydrogens is 351 g/mol. The van der Waals surface area contributed by atoms with E-state index in [-0.39, 0.29) is 31.5 Å². The van der Waals surface area contributed by atoms with Gasteiger partial charge in [-0.05, 0) is 11.6 Å². The van der Waals surface area contributed by atoms with Gasteiger partial charge in [-0.15, -0.1) is 0 Å². The summed E-state index contributed by atoms with van der Waals surface area (Å²) in [6.45, 7) is -0.289. The lowest BCUT2D eigenvalue weighted by Crippen LogP contribution is -2.39. The number of hydrogen-bond donors (Lipinski definition) is 2. The zero-order chi connectivity index (χ0) is 19.2. The molecule has 3 amide bonds. The van der Waals surface area contributed by atoms with E-state index >= 15 is 0 Å². The first kappa shape index (κ1) is 19.0. The molecule has 0 spiro atoms. The molecule has 3 rings (SSSR count). The van der Waals surface area contributed by atoms with Crippen molar-refractivity contribution in [3.8, 4) is 0 Å². The van der Waals surface area contributed by atoms with Crippen molar-refractivity contribution >= 4 is 11.9 Å². The Morgan fingerprint density at radius 3 is 2.56 bits per heavy atom. The van der Waals surface area contributed by atoms with Gasteiger partial charge >= 0.3 is 6.03 Å². The molecule has 0 radical (unpaired) electrons. The molecule has 1 saturated heterocycles. The first-order valence-electron chi connectivity index (χ1n) is 8.69. The smallest absolute Gasteiger partial charge is 0.324 e. The zero-order valence-corrected chi connectivity index (χ0v) is 14.7. The average Bonchev–Trinajstić information content (AvgIpc) is 2.91. The molecule has 1 aliphatic rings. The number of β-amino-alcohol motifs (C(OH)–C–C–N with tert-alkyl or cyclic N) is 1. The first-order chi connectivity index (χ1) is 13.0. The van der Waals surface area contributed by atoms with Crippen molar-refractivity contribution in [2.75, 3.05) is 13.2 Å². The molecule has 0 aliphatic carbocycles. The van der Waals surface area contributed by atoms with Gasteiger partial charge in [0.05, 0.1) is 25.9 Å². The van der Waals surface area contributed by atoms with Gasteiger partial charge in [-0.1, -0.05) is 48.5 Å². The van der Waals surface area contributed by atoms with Crippen LogP contribution in [0.2, 0.25) is 0 Å². The van der Waals surface area contributed by atoms with Gasteiger partial charge in [0.1, 0.15) is 11.9 Å². The molecule has 142 valence electrons. The predicted molar refractivity (Wildman–Crippen MR) is 96.2 cm³/mol. The molecule has 2 atom stereocenters. The van der Waals surface area contributed by atoms with Crippen LogP contribution >= 0.6 is 0 Å². The second kappa shape index (κ2) is 8.75. The highest BCUT2D eigenvalue weighted by molar-refractivity contribution is 6.04. The Morgan fingerprint density at radius 2 is 1.81 bits per heavy atom. The van der Waals surface area contributed by atoms with Crippen molar-refractivity contribution < 1.29 is 23.8 Å². The fraction of sp³-hybridized carbons (Fsp3) is 0.300. The van der Waals surface area contributed by atoms with Crippen molar-refractivity contribution in [1.29, 1.82) is 0 Å². The topological polar surface area (TPSA) is 78.9 Å². The molecule has 2 aromatic rings. The van der Waals surface area contributed by atoms with Crippen LogP contribution in [-0.4, -0.2) is 47.2 Å². The van der Waals surface area contributed by atoms with Gasteiger partial charge in [-0.2, -0.15) is 0 Å². The SMILES string of the molecule is O=C1N[C@@H](Cc2ccccc2)C(=O)N1C[C@H](O)COCc1ccccc1F. The summed E-state index contributed by atoms with van der Waals surface area (Å²) in [7, 11) is 0. The van der Waals surface area contributed by atoms with Crippen LogP contribution in [0.25, 0.3) is 0 Å². The highest BCUT2D eigenvalue weighted by Gasteiger charge is 2.38. The van der Waals surface area contributed by atoms with Crippen molar-refractivity contribution in [2.24, 2.45) is 0 Å². The Balaban J connectivity index is 1.48. The van der Waals surface area contributed by atoms with E-state index in [9.17, 15) is 19.1 Å². The minimum atomic E-state index is -1.05. The number of carbonyl (C=O) groups is 2. The number of halogens is 1. The van der Waals surface area contributed by atoms with Crippen molar-refractivity contribution in [2.45, 2.75) is 25.2 Å². The van der Waals surface area contributed by atoms with E-state index in [1.54, 1.807) is 18.2 Å². The number of aliphatic hydroxyl groups is 1. The van der Waals surface area contributed by atoms with Gasteiger partial charge in [0.15, 0.2) is 0 Å². The fourth-order valence-corrected chi connectivity index (χ4v) is 2.92. The van der Waals surface area contributed by atoms with E-state index < -0.39 is 18.2 Å². The molecule has 1 aliphatic heterocycles. The largest absolute Gasteiger partial charge is 0.389 e. The summed E-state index contributed by atoms with van der Waals surface area (Å²) in [5, 5.41) is 12.7. The predicted octanol–water partition coefficient (Wildman–Crippen LogP) is 1.87. The number of imide groups is 1. The van der Waals surface area contributed by atoms with Gasteiger partial charge in [-0.3, -0.25) is 9.69 Å². The molecule has 2 aromatic carbocycles. The molecule has 0 bridgehead atoms. The number of nitrogens with one attached hydrogen (secondary N) is 1. The summed E-state index contributed by atoms with van der Waals surface area (Å²) in [6.07, 6.45) is -0.663. The molecule has 27 heavy (non-hydrogen) atoms. The average molecular weight is 372 g/mol. The quantitative estimate of drug-likeness (QED) is 0.694. The van der Waals surface area contributed by atoms with Crippen LogP contribution in [0.15, 0.2) is 54.6 Å². The van der Waals surface area contributed by atoms with Crippen LogP contribution in [0.4, 0.5) is 9.18 Å². The lowest BCUT2D eigenvalue weighted by Gasteiger charge is -2.18. The van der Waals surface area contributed by atoms with Gasteiger partial charge in [0.2, 0.25) is 0 Å². The van der Waals surface area contributed by atoms with Crippen LogP contribution in [-0.2, 0) is 22.6 Å². The van der Waals surface area contributed by atoms with Gasteiger partial charge < -0.3 is 15.2 Å². The molecule has 1 fully saturated rings. The maximum Gasteiger partial charge on any atom is 0.324 e. The summed E-state index contributed by atoms with van der Waals surface area (Å²) in [6, 6.07) is 14.4. The summed E-state index contributed by atoms with van der Waals surface area (Å²) in [5.41, 5.74) is 1.31. The Labute approximate surface area is 156 Å². The number of amides is 3. The van der Waals surface area contributed by atoms with E-state index in [0.717, 1.165) is 10.5 Å². The third-order valence-corrected chi connectivity index (χ3v) is 4.31. The summed E-state index contributed by atoms with van der Waals surface area (Å²) >= 11 is 0. The lowest BCUT2D eigenvalue weighted by molar-refractivity contribution is -0.128. The third kappa shape index (κ3) is 4.90. The first-order valence-corrected chi connectivity index (χ1v) is 8.69. The Morgan fingerprint density at radius 1 is 1.11 bits per heavy atom. The fourth-order valence-electron chi connectivity index (χ4n) is 2.92. The van der Waals surface area contributed by atoms with Crippen molar-refractivity contribution in [1.82, 2.24) is 10.2 Å². The number of hydrogen-bond acceptors (Lipinski definition) is 4. The number of urea groups is 1. The van der Waals surface area contributed by atoms with Gasteiger partial charge in [0.25, 0.3) is 5.91 Å². The Bertz CT molecular complexity index is 800. The van der Waals surface area contributed by atoms with Crippen LogP contribution in [0.3, 0.4) is 0 Å². The highest BCUT2D eigenvalue weighted by atomic mass is 19.1. The molecule has 0 unspecified atom stereocenters. The van der Waals surface area contributed by atoms with Crippen LogP contribution in [0.5, 0.6) is 0 Å². The third-order valence-electron chi connectivity index (χ3n) is 4.31. The van der Waals surface area contributed by atoms with E-state index in [1.807, 2.05) is 30.3 Å². The number of aliphatic hydroxyl groups excluding tert-OH is 1. The molecule has 2 N–H and O–H groups in total. The van der Waals surface area contributed by atoms with Gasteiger partial charge in [-0.25, -0.2) is 9.18 Å². The summed E-state index contributed by atoms with van der Waals surface area (Å²) in [5.74, 6) is -0.762. The molecule has 0 aromatic heterocycles. The minimum absolute atomic E-state index is 0.000504. The molecule has 1 heterocycles. The van der Waals surface area contributed by atoms with Crippen molar-refractivity contribution in [3.05, 3.63) is 71.5 Å². The van der Waals surface area contributed by atoms with E-state index in [4.69, 9.17) is 4.74 Å². The molecule has 0 saturated carbocycles. The van der Waals surface area contributed by atoms with Crippen molar-refractivity contribution in [3.63, 3.8) is 0 Å². The second-order valence-corrected chi connectivity index (χ2v) is 6.40. The normalized spacial score (nSPS) is 17.9.